The van der Waals surface area contributed by atoms with Crippen LogP contribution in [0.3, 0.4) is 0 Å². The normalized spacial score (nSPS) is 15.3. The zero-order valence-corrected chi connectivity index (χ0v) is 16.2. The van der Waals surface area contributed by atoms with Crippen molar-refractivity contribution in [3.05, 3.63) is 49.6 Å². The van der Waals surface area contributed by atoms with Gasteiger partial charge in [-0.1, -0.05) is 11.6 Å². The maximum absolute atomic E-state index is 12.8. The van der Waals surface area contributed by atoms with E-state index in [9.17, 15) is 4.79 Å². The predicted molar refractivity (Wildman–Crippen MR) is 104 cm³/mol. The molecule has 0 radical (unpaired) electrons. The third kappa shape index (κ3) is 3.83. The molecule has 1 aliphatic heterocycles. The monoisotopic (exact) mass is 408 g/mol. The summed E-state index contributed by atoms with van der Waals surface area (Å²) in [5, 5.41) is 11.5. The molecule has 3 aromatic heterocycles. The van der Waals surface area contributed by atoms with Gasteiger partial charge in [0, 0.05) is 29.4 Å². The summed E-state index contributed by atoms with van der Waals surface area (Å²) in [6.07, 6.45) is 1.74. The summed E-state index contributed by atoms with van der Waals surface area (Å²) in [4.78, 5) is 18.5. The fraction of sp³-hybridized carbons (Fsp3) is 0.353. The molecule has 0 saturated carbocycles. The summed E-state index contributed by atoms with van der Waals surface area (Å²) in [5.41, 5.74) is 0.612. The molecule has 1 N–H and O–H groups in total. The first-order valence-electron chi connectivity index (χ1n) is 8.30. The highest BCUT2D eigenvalue weighted by atomic mass is 35.5. The van der Waals surface area contributed by atoms with Crippen LogP contribution in [0.4, 0.5) is 5.95 Å². The zero-order valence-electron chi connectivity index (χ0n) is 13.9. The highest BCUT2D eigenvalue weighted by Crippen LogP contribution is 2.27. The predicted octanol–water partition coefficient (Wildman–Crippen LogP) is 4.25. The van der Waals surface area contributed by atoms with Crippen molar-refractivity contribution < 1.29 is 9.53 Å². The van der Waals surface area contributed by atoms with Crippen molar-refractivity contribution in [3.8, 4) is 0 Å². The SMILES string of the molecule is O=C(c1ccsc1)n1nc(C2CCOCC2)nc1NCc1ccc(Cl)s1. The first kappa shape index (κ1) is 17.7. The molecule has 1 saturated heterocycles. The van der Waals surface area contributed by atoms with Crippen LogP contribution in [0, 0.1) is 0 Å². The van der Waals surface area contributed by atoms with Gasteiger partial charge in [-0.25, -0.2) is 0 Å². The third-order valence-electron chi connectivity index (χ3n) is 4.22. The second-order valence-corrected chi connectivity index (χ2v) is 8.55. The third-order valence-corrected chi connectivity index (χ3v) is 6.13. The minimum Gasteiger partial charge on any atom is -0.381 e. The average Bonchev–Trinajstić information content (AvgIpc) is 3.41. The van der Waals surface area contributed by atoms with Gasteiger partial charge < -0.3 is 10.1 Å². The van der Waals surface area contributed by atoms with Crippen LogP contribution in [-0.2, 0) is 11.3 Å². The summed E-state index contributed by atoms with van der Waals surface area (Å²) in [5.74, 6) is 1.21. The van der Waals surface area contributed by atoms with Gasteiger partial charge in [0.25, 0.3) is 5.91 Å². The highest BCUT2D eigenvalue weighted by Gasteiger charge is 2.25. The maximum atomic E-state index is 12.8. The summed E-state index contributed by atoms with van der Waals surface area (Å²) >= 11 is 8.97. The van der Waals surface area contributed by atoms with Crippen molar-refractivity contribution in [2.45, 2.75) is 25.3 Å². The lowest BCUT2D eigenvalue weighted by Crippen LogP contribution is -2.18. The Morgan fingerprint density at radius 2 is 2.19 bits per heavy atom. The molecule has 1 aliphatic rings. The minimum atomic E-state index is -0.177. The van der Waals surface area contributed by atoms with E-state index in [0.29, 0.717) is 37.1 Å². The molecule has 0 unspecified atom stereocenters. The van der Waals surface area contributed by atoms with Crippen LogP contribution in [0.25, 0.3) is 0 Å². The van der Waals surface area contributed by atoms with Crippen LogP contribution in [0.1, 0.15) is 39.8 Å². The molecule has 9 heteroatoms. The molecule has 0 amide bonds. The van der Waals surface area contributed by atoms with Gasteiger partial charge in [-0.2, -0.15) is 21.0 Å². The molecule has 0 bridgehead atoms. The van der Waals surface area contributed by atoms with Crippen molar-refractivity contribution >= 4 is 46.1 Å². The van der Waals surface area contributed by atoms with Crippen molar-refractivity contribution in [1.29, 1.82) is 0 Å². The van der Waals surface area contributed by atoms with Gasteiger partial charge in [-0.3, -0.25) is 4.79 Å². The van der Waals surface area contributed by atoms with Crippen LogP contribution in [0.15, 0.2) is 29.0 Å². The van der Waals surface area contributed by atoms with Crippen LogP contribution in [0.5, 0.6) is 0 Å². The molecule has 4 rings (SSSR count). The van der Waals surface area contributed by atoms with Gasteiger partial charge in [0.2, 0.25) is 5.95 Å². The average molecular weight is 409 g/mol. The second kappa shape index (κ2) is 7.87. The van der Waals surface area contributed by atoms with Crippen LogP contribution < -0.4 is 5.32 Å². The summed E-state index contributed by atoms with van der Waals surface area (Å²) in [7, 11) is 0. The first-order chi connectivity index (χ1) is 12.7. The zero-order chi connectivity index (χ0) is 17.9. The number of nitrogens with zero attached hydrogens (tertiary/aromatic N) is 3. The molecule has 0 aromatic carbocycles. The van der Waals surface area contributed by atoms with Crippen LogP contribution in [0.2, 0.25) is 4.34 Å². The molecule has 4 heterocycles. The largest absolute Gasteiger partial charge is 0.381 e. The lowest BCUT2D eigenvalue weighted by Gasteiger charge is -2.18. The Balaban J connectivity index is 1.60. The Hall–Kier alpha value is -1.74. The van der Waals surface area contributed by atoms with Gasteiger partial charge in [-0.05, 0) is 36.4 Å². The van der Waals surface area contributed by atoms with Crippen LogP contribution >= 0.6 is 34.3 Å². The smallest absolute Gasteiger partial charge is 0.282 e. The van der Waals surface area contributed by atoms with Gasteiger partial charge in [0.15, 0.2) is 5.82 Å². The minimum absolute atomic E-state index is 0.177. The van der Waals surface area contributed by atoms with E-state index in [1.807, 2.05) is 22.9 Å². The van der Waals surface area contributed by atoms with E-state index in [-0.39, 0.29) is 11.8 Å². The number of aromatic nitrogens is 3. The van der Waals surface area contributed by atoms with Crippen molar-refractivity contribution in [2.75, 3.05) is 18.5 Å². The van der Waals surface area contributed by atoms with Gasteiger partial charge in [0.1, 0.15) is 0 Å². The lowest BCUT2D eigenvalue weighted by molar-refractivity contribution is 0.0833. The number of ether oxygens (including phenoxy) is 1. The fourth-order valence-corrected chi connectivity index (χ4v) is 4.49. The number of thiophene rings is 2. The van der Waals surface area contributed by atoms with E-state index in [1.165, 1.54) is 27.4 Å². The van der Waals surface area contributed by atoms with E-state index >= 15 is 0 Å². The van der Waals surface area contributed by atoms with Gasteiger partial charge in [-0.15, -0.1) is 16.4 Å². The molecule has 0 spiro atoms. The molecule has 0 aliphatic carbocycles. The Morgan fingerprint density at radius 3 is 2.88 bits per heavy atom. The Kier molecular flexibility index (Phi) is 5.35. The number of carbonyl (C=O) groups excluding carboxylic acids is 1. The molecule has 26 heavy (non-hydrogen) atoms. The van der Waals surface area contributed by atoms with Gasteiger partial charge in [0.05, 0.1) is 16.4 Å². The fourth-order valence-electron chi connectivity index (χ4n) is 2.83. The lowest BCUT2D eigenvalue weighted by atomic mass is 10.00. The summed E-state index contributed by atoms with van der Waals surface area (Å²) < 4.78 is 7.53. The van der Waals surface area contributed by atoms with Crippen molar-refractivity contribution in [3.63, 3.8) is 0 Å². The Morgan fingerprint density at radius 1 is 1.35 bits per heavy atom. The number of halogens is 1. The number of hydrogen-bond donors (Lipinski definition) is 1. The molecule has 0 atom stereocenters. The Bertz CT molecular complexity index is 885. The quantitative estimate of drug-likeness (QED) is 0.683. The van der Waals surface area contributed by atoms with Crippen molar-refractivity contribution in [1.82, 2.24) is 14.8 Å². The van der Waals surface area contributed by atoms with E-state index in [0.717, 1.165) is 22.1 Å². The maximum Gasteiger partial charge on any atom is 0.282 e. The standard InChI is InChI=1S/C17H17ClN4O2S2/c18-14-2-1-13(26-14)9-19-17-20-15(11-3-6-24-7-4-11)21-22(17)16(23)12-5-8-25-10-12/h1-2,5,8,10-11H,3-4,6-7,9H2,(H,19,20,21). The van der Waals surface area contributed by atoms with Crippen molar-refractivity contribution in [2.24, 2.45) is 0 Å². The number of rotatable bonds is 5. The van der Waals surface area contributed by atoms with Gasteiger partial charge >= 0.3 is 0 Å². The van der Waals surface area contributed by atoms with E-state index < -0.39 is 0 Å². The number of anilines is 1. The molecular weight excluding hydrogens is 392 g/mol. The highest BCUT2D eigenvalue weighted by molar-refractivity contribution is 7.16. The number of nitrogens with one attached hydrogen (secondary N) is 1. The van der Waals surface area contributed by atoms with E-state index in [4.69, 9.17) is 16.3 Å². The Labute approximate surface area is 163 Å². The summed E-state index contributed by atoms with van der Waals surface area (Å²) in [6, 6.07) is 5.62. The first-order valence-corrected chi connectivity index (χ1v) is 10.4. The molecule has 136 valence electrons. The number of carbonyl (C=O) groups is 1. The topological polar surface area (TPSA) is 69.0 Å². The molecule has 1 fully saturated rings. The van der Waals surface area contributed by atoms with E-state index in [1.54, 1.807) is 6.07 Å². The second-order valence-electron chi connectivity index (χ2n) is 5.97. The summed E-state index contributed by atoms with van der Waals surface area (Å²) in [6.45, 7) is 1.95. The number of hydrogen-bond acceptors (Lipinski definition) is 7. The molecular formula is C17H17ClN4O2S2. The van der Waals surface area contributed by atoms with Crippen LogP contribution in [-0.4, -0.2) is 33.9 Å². The van der Waals surface area contributed by atoms with E-state index in [2.05, 4.69) is 15.4 Å². The molecule has 6 nitrogen and oxygen atoms in total. The molecule has 3 aromatic rings.